The maximum absolute atomic E-state index is 5.76. The van der Waals surface area contributed by atoms with Gasteiger partial charge in [0.1, 0.15) is 0 Å². The Morgan fingerprint density at radius 3 is 2.55 bits per heavy atom. The average molecular weight is 394 g/mol. The number of hydrogen-bond acceptors (Lipinski definition) is 3. The minimum atomic E-state index is 0.160. The third-order valence-corrected chi connectivity index (χ3v) is 5.29. The zero-order chi connectivity index (χ0) is 13.9. The fourth-order valence-corrected chi connectivity index (χ4v) is 3.76. The standard InChI is InChI=1S/C16H15IN2S/c17-13-7-5-11(6-8-13)9-14(19-18)16-10-12-3-1-2-4-15(12)20-16/h1-8,10,14,19H,9,18H2. The van der Waals surface area contributed by atoms with E-state index in [-0.39, 0.29) is 6.04 Å². The summed E-state index contributed by atoms with van der Waals surface area (Å²) in [4.78, 5) is 1.28. The van der Waals surface area contributed by atoms with E-state index in [9.17, 15) is 0 Å². The summed E-state index contributed by atoms with van der Waals surface area (Å²) < 4.78 is 2.57. The molecule has 1 unspecified atom stereocenters. The molecular formula is C16H15IN2S. The predicted molar refractivity (Wildman–Crippen MR) is 94.8 cm³/mol. The fourth-order valence-electron chi connectivity index (χ4n) is 2.27. The van der Waals surface area contributed by atoms with Crippen LogP contribution in [0.2, 0.25) is 0 Å². The van der Waals surface area contributed by atoms with Crippen molar-refractivity contribution < 1.29 is 0 Å². The van der Waals surface area contributed by atoms with Crippen LogP contribution in [-0.2, 0) is 6.42 Å². The van der Waals surface area contributed by atoms with Gasteiger partial charge in [-0.3, -0.25) is 11.3 Å². The van der Waals surface area contributed by atoms with Crippen LogP contribution in [0.15, 0.2) is 54.6 Å². The first-order chi connectivity index (χ1) is 9.76. The van der Waals surface area contributed by atoms with Crippen molar-refractivity contribution >= 4 is 44.0 Å². The lowest BCUT2D eigenvalue weighted by Gasteiger charge is -2.14. The molecule has 4 heteroatoms. The van der Waals surface area contributed by atoms with E-state index in [2.05, 4.69) is 82.6 Å². The monoisotopic (exact) mass is 394 g/mol. The summed E-state index contributed by atoms with van der Waals surface area (Å²) in [7, 11) is 0. The average Bonchev–Trinajstić information content (AvgIpc) is 2.90. The normalized spacial score (nSPS) is 12.7. The predicted octanol–water partition coefficient (Wildman–Crippen LogP) is 4.25. The highest BCUT2D eigenvalue weighted by Crippen LogP contribution is 2.31. The van der Waals surface area contributed by atoms with Crippen LogP contribution in [0.4, 0.5) is 0 Å². The van der Waals surface area contributed by atoms with Gasteiger partial charge in [0, 0.05) is 13.1 Å². The van der Waals surface area contributed by atoms with Crippen LogP contribution in [0.1, 0.15) is 16.5 Å². The molecule has 3 aromatic rings. The molecule has 0 fully saturated rings. The molecule has 0 aliphatic heterocycles. The van der Waals surface area contributed by atoms with Crippen molar-refractivity contribution in [2.24, 2.45) is 5.84 Å². The van der Waals surface area contributed by atoms with E-state index in [0.717, 1.165) is 6.42 Å². The SMILES string of the molecule is NNC(Cc1ccc(I)cc1)c1cc2ccccc2s1. The molecule has 0 aliphatic carbocycles. The molecule has 0 radical (unpaired) electrons. The quantitative estimate of drug-likeness (QED) is 0.395. The third kappa shape index (κ3) is 3.03. The van der Waals surface area contributed by atoms with Crippen LogP contribution in [0.25, 0.3) is 10.1 Å². The van der Waals surface area contributed by atoms with Crippen LogP contribution >= 0.6 is 33.9 Å². The summed E-state index contributed by atoms with van der Waals surface area (Å²) in [5.41, 5.74) is 4.25. The lowest BCUT2D eigenvalue weighted by Crippen LogP contribution is -2.28. The van der Waals surface area contributed by atoms with Gasteiger partial charge in [0.25, 0.3) is 0 Å². The molecule has 0 saturated heterocycles. The second-order valence-electron chi connectivity index (χ2n) is 4.74. The summed E-state index contributed by atoms with van der Waals surface area (Å²) in [5, 5.41) is 1.29. The van der Waals surface area contributed by atoms with Gasteiger partial charge in [-0.1, -0.05) is 30.3 Å². The first-order valence-electron chi connectivity index (χ1n) is 6.45. The van der Waals surface area contributed by atoms with Crippen molar-refractivity contribution in [3.05, 3.63) is 68.6 Å². The number of rotatable bonds is 4. The van der Waals surface area contributed by atoms with Crippen LogP contribution in [-0.4, -0.2) is 0 Å². The Bertz CT molecular complexity index is 673. The topological polar surface area (TPSA) is 38.0 Å². The van der Waals surface area contributed by atoms with E-state index in [0.29, 0.717) is 0 Å². The van der Waals surface area contributed by atoms with Crippen molar-refractivity contribution in [3.8, 4) is 0 Å². The van der Waals surface area contributed by atoms with Crippen molar-refractivity contribution in [3.63, 3.8) is 0 Å². The molecule has 1 heterocycles. The maximum Gasteiger partial charge on any atom is 0.0593 e. The first kappa shape index (κ1) is 14.0. The van der Waals surface area contributed by atoms with Gasteiger partial charge in [0.2, 0.25) is 0 Å². The highest BCUT2D eigenvalue weighted by atomic mass is 127. The molecule has 20 heavy (non-hydrogen) atoms. The molecule has 3 rings (SSSR count). The number of hydrogen-bond donors (Lipinski definition) is 2. The molecule has 102 valence electrons. The molecule has 0 spiro atoms. The van der Waals surface area contributed by atoms with Crippen molar-refractivity contribution in [2.75, 3.05) is 0 Å². The van der Waals surface area contributed by atoms with E-state index >= 15 is 0 Å². The Morgan fingerprint density at radius 2 is 1.85 bits per heavy atom. The maximum atomic E-state index is 5.76. The van der Waals surface area contributed by atoms with Gasteiger partial charge in [0.05, 0.1) is 6.04 Å². The number of thiophene rings is 1. The Kier molecular flexibility index (Phi) is 4.35. The number of fused-ring (bicyclic) bond motifs is 1. The van der Waals surface area contributed by atoms with Gasteiger partial charge < -0.3 is 0 Å². The van der Waals surface area contributed by atoms with E-state index in [1.807, 2.05) is 11.3 Å². The summed E-state index contributed by atoms with van der Waals surface area (Å²) in [6.07, 6.45) is 0.903. The first-order valence-corrected chi connectivity index (χ1v) is 8.35. The Labute approximate surface area is 136 Å². The van der Waals surface area contributed by atoms with E-state index in [4.69, 9.17) is 5.84 Å². The third-order valence-electron chi connectivity index (χ3n) is 3.34. The van der Waals surface area contributed by atoms with Crippen molar-refractivity contribution in [1.82, 2.24) is 5.43 Å². The molecule has 2 nitrogen and oxygen atoms in total. The molecule has 2 aromatic carbocycles. The smallest absolute Gasteiger partial charge is 0.0593 e. The molecule has 0 aliphatic rings. The van der Waals surface area contributed by atoms with Crippen LogP contribution in [0, 0.1) is 3.57 Å². The number of benzene rings is 2. The van der Waals surface area contributed by atoms with E-state index < -0.39 is 0 Å². The lowest BCUT2D eigenvalue weighted by atomic mass is 10.0. The largest absolute Gasteiger partial charge is 0.271 e. The Hall–Kier alpha value is -0.950. The second kappa shape index (κ2) is 6.22. The van der Waals surface area contributed by atoms with Gasteiger partial charge >= 0.3 is 0 Å². The zero-order valence-electron chi connectivity index (χ0n) is 10.8. The minimum Gasteiger partial charge on any atom is -0.271 e. The summed E-state index contributed by atoms with van der Waals surface area (Å²) in [6, 6.07) is 19.4. The van der Waals surface area contributed by atoms with Crippen molar-refractivity contribution in [2.45, 2.75) is 12.5 Å². The van der Waals surface area contributed by atoms with E-state index in [1.54, 1.807) is 0 Å². The van der Waals surface area contributed by atoms with Gasteiger partial charge in [-0.2, -0.15) is 0 Å². The van der Waals surface area contributed by atoms with Crippen LogP contribution in [0.5, 0.6) is 0 Å². The minimum absolute atomic E-state index is 0.160. The Balaban J connectivity index is 1.87. The number of hydrazine groups is 1. The number of halogens is 1. The Morgan fingerprint density at radius 1 is 1.10 bits per heavy atom. The van der Waals surface area contributed by atoms with Crippen LogP contribution in [0.3, 0.4) is 0 Å². The molecule has 1 aromatic heterocycles. The fraction of sp³-hybridized carbons (Fsp3) is 0.125. The molecule has 0 saturated carbocycles. The molecule has 1 atom stereocenters. The number of nitrogens with one attached hydrogen (secondary N) is 1. The molecule has 0 amide bonds. The van der Waals surface area contributed by atoms with Gasteiger partial charge in [-0.05, 0) is 64.2 Å². The highest BCUT2D eigenvalue weighted by Gasteiger charge is 2.13. The van der Waals surface area contributed by atoms with Crippen molar-refractivity contribution in [1.29, 1.82) is 0 Å². The molecular weight excluding hydrogens is 379 g/mol. The van der Waals surface area contributed by atoms with Gasteiger partial charge in [0.15, 0.2) is 0 Å². The van der Waals surface area contributed by atoms with Crippen LogP contribution < -0.4 is 11.3 Å². The summed E-state index contributed by atoms with van der Waals surface area (Å²) in [5.74, 6) is 5.76. The second-order valence-corrected chi connectivity index (χ2v) is 7.10. The molecule has 0 bridgehead atoms. The number of nitrogens with two attached hydrogens (primary N) is 1. The van der Waals surface area contributed by atoms with Gasteiger partial charge in [-0.15, -0.1) is 11.3 Å². The zero-order valence-corrected chi connectivity index (χ0v) is 13.8. The summed E-state index contributed by atoms with van der Waals surface area (Å²) >= 11 is 4.13. The highest BCUT2D eigenvalue weighted by molar-refractivity contribution is 14.1. The molecule has 3 N–H and O–H groups in total. The van der Waals surface area contributed by atoms with Gasteiger partial charge in [-0.25, -0.2) is 0 Å². The summed E-state index contributed by atoms with van der Waals surface area (Å²) in [6.45, 7) is 0. The van der Waals surface area contributed by atoms with E-state index in [1.165, 1.54) is 24.1 Å². The lowest BCUT2D eigenvalue weighted by molar-refractivity contribution is 0.561.